The summed E-state index contributed by atoms with van der Waals surface area (Å²) in [5.74, 6) is 0.844. The summed E-state index contributed by atoms with van der Waals surface area (Å²) >= 11 is 0. The molecule has 22 heavy (non-hydrogen) atoms. The Morgan fingerprint density at radius 2 is 2.14 bits per heavy atom. The Labute approximate surface area is 131 Å². The zero-order valence-electron chi connectivity index (χ0n) is 13.6. The Morgan fingerprint density at radius 3 is 2.73 bits per heavy atom. The van der Waals surface area contributed by atoms with Gasteiger partial charge in [0.25, 0.3) is 0 Å². The van der Waals surface area contributed by atoms with Gasteiger partial charge in [-0.2, -0.15) is 0 Å². The van der Waals surface area contributed by atoms with Crippen LogP contribution in [0.2, 0.25) is 0 Å². The summed E-state index contributed by atoms with van der Waals surface area (Å²) in [6, 6.07) is 0.0922. The fourth-order valence-electron chi connectivity index (χ4n) is 6.51. The number of amides is 2. The molecule has 5 aliphatic rings. The zero-order chi connectivity index (χ0) is 15.8. The summed E-state index contributed by atoms with van der Waals surface area (Å²) in [6.45, 7) is 4.40. The monoisotopic (exact) mass is 310 g/mol. The van der Waals surface area contributed by atoms with Crippen LogP contribution < -0.4 is 5.32 Å². The minimum absolute atomic E-state index is 0.00676. The molecule has 0 spiro atoms. The summed E-state index contributed by atoms with van der Waals surface area (Å²) < 4.78 is 13.3. The largest absolute Gasteiger partial charge is 0.390 e. The summed E-state index contributed by atoms with van der Waals surface area (Å²) in [5.41, 5.74) is -1.05. The first-order valence-corrected chi connectivity index (χ1v) is 8.63. The van der Waals surface area contributed by atoms with E-state index < -0.39 is 5.60 Å². The molecule has 1 saturated heterocycles. The molecule has 0 aromatic carbocycles. The number of nitrogens with one attached hydrogen (secondary N) is 1. The van der Waals surface area contributed by atoms with E-state index in [1.54, 1.807) is 0 Å². The molecule has 0 aromatic heterocycles. The van der Waals surface area contributed by atoms with Gasteiger partial charge in [0.2, 0.25) is 0 Å². The van der Waals surface area contributed by atoms with E-state index in [-0.39, 0.29) is 29.7 Å². The molecule has 2 N–H and O–H groups in total. The standard InChI is InChI=1S/C17H27FN2O2/c1-15(2)10-20(14(21)19-15)13-12-5-11-6-16(13,3-4-18)9-17(22,7-11)8-12/h11-13,22H,3-10H2,1-2H3,(H,19,21). The van der Waals surface area contributed by atoms with Crippen molar-refractivity contribution in [3.63, 3.8) is 0 Å². The van der Waals surface area contributed by atoms with Gasteiger partial charge in [-0.05, 0) is 69.6 Å². The number of aliphatic hydroxyl groups is 1. The number of halogens is 1. The smallest absolute Gasteiger partial charge is 0.318 e. The van der Waals surface area contributed by atoms with Gasteiger partial charge in [0.1, 0.15) is 0 Å². The van der Waals surface area contributed by atoms with Gasteiger partial charge in [-0.25, -0.2) is 4.79 Å². The average molecular weight is 310 g/mol. The lowest BCUT2D eigenvalue weighted by Gasteiger charge is -2.65. The molecule has 5 fully saturated rings. The normalized spacial score (nSPS) is 48.8. The van der Waals surface area contributed by atoms with Crippen molar-refractivity contribution in [3.05, 3.63) is 0 Å². The minimum Gasteiger partial charge on any atom is -0.390 e. The molecule has 2 amide bonds. The Balaban J connectivity index is 1.71. The maximum absolute atomic E-state index is 13.3. The van der Waals surface area contributed by atoms with E-state index in [1.165, 1.54) is 0 Å². The second-order valence-electron chi connectivity index (χ2n) is 9.06. The fraction of sp³-hybridized carbons (Fsp3) is 0.941. The predicted molar refractivity (Wildman–Crippen MR) is 81.1 cm³/mol. The molecule has 4 bridgehead atoms. The van der Waals surface area contributed by atoms with Crippen LogP contribution in [-0.2, 0) is 0 Å². The highest BCUT2D eigenvalue weighted by atomic mass is 19.1. The number of carbonyl (C=O) groups excluding carboxylic acids is 1. The number of urea groups is 1. The lowest BCUT2D eigenvalue weighted by Crippen LogP contribution is -2.67. The third-order valence-electron chi connectivity index (χ3n) is 6.60. The van der Waals surface area contributed by atoms with E-state index in [4.69, 9.17) is 0 Å². The van der Waals surface area contributed by atoms with E-state index in [1.807, 2.05) is 18.7 Å². The third kappa shape index (κ3) is 2.00. The molecule has 4 nitrogen and oxygen atoms in total. The molecule has 1 heterocycles. The summed E-state index contributed by atoms with van der Waals surface area (Å²) in [6.07, 6.45) is 4.88. The summed E-state index contributed by atoms with van der Waals surface area (Å²) in [7, 11) is 0. The van der Waals surface area contributed by atoms with Crippen molar-refractivity contribution in [2.45, 2.75) is 69.6 Å². The molecule has 1 aliphatic heterocycles. The van der Waals surface area contributed by atoms with Crippen LogP contribution in [0.4, 0.5) is 9.18 Å². The highest BCUT2D eigenvalue weighted by Gasteiger charge is 2.64. The number of alkyl halides is 1. The Bertz CT molecular complexity index is 511. The van der Waals surface area contributed by atoms with E-state index in [2.05, 4.69) is 5.32 Å². The first kappa shape index (κ1) is 14.7. The van der Waals surface area contributed by atoms with Gasteiger partial charge < -0.3 is 15.3 Å². The highest BCUT2D eigenvalue weighted by Crippen LogP contribution is 2.64. The molecule has 5 rings (SSSR count). The molecular weight excluding hydrogens is 283 g/mol. The van der Waals surface area contributed by atoms with Crippen LogP contribution in [0.1, 0.15) is 52.4 Å². The van der Waals surface area contributed by atoms with Gasteiger partial charge in [-0.1, -0.05) is 0 Å². The average Bonchev–Trinajstić information content (AvgIpc) is 2.59. The van der Waals surface area contributed by atoms with Crippen molar-refractivity contribution in [2.24, 2.45) is 17.3 Å². The van der Waals surface area contributed by atoms with Gasteiger partial charge in [-0.3, -0.25) is 4.39 Å². The molecule has 0 radical (unpaired) electrons. The first-order valence-electron chi connectivity index (χ1n) is 8.63. The van der Waals surface area contributed by atoms with Crippen LogP contribution in [0, 0.1) is 17.3 Å². The van der Waals surface area contributed by atoms with Crippen LogP contribution in [0.5, 0.6) is 0 Å². The molecule has 5 atom stereocenters. The van der Waals surface area contributed by atoms with Crippen LogP contribution in [0.25, 0.3) is 0 Å². The number of rotatable bonds is 3. The maximum atomic E-state index is 13.3. The highest BCUT2D eigenvalue weighted by molar-refractivity contribution is 5.78. The number of hydrogen-bond donors (Lipinski definition) is 2. The topological polar surface area (TPSA) is 52.6 Å². The first-order chi connectivity index (χ1) is 10.3. The van der Waals surface area contributed by atoms with E-state index >= 15 is 0 Å². The SMILES string of the molecule is CC1(C)CN(C2C3CC4CC(O)(C3)CC2(CCF)C4)C(=O)N1. The zero-order valence-corrected chi connectivity index (χ0v) is 13.6. The van der Waals surface area contributed by atoms with Crippen molar-refractivity contribution in [1.29, 1.82) is 0 Å². The van der Waals surface area contributed by atoms with Gasteiger partial charge in [0, 0.05) is 12.6 Å². The quantitative estimate of drug-likeness (QED) is 0.841. The van der Waals surface area contributed by atoms with Crippen LogP contribution in [0.3, 0.4) is 0 Å². The molecular formula is C17H27FN2O2. The Kier molecular flexibility index (Phi) is 2.93. The lowest BCUT2D eigenvalue weighted by molar-refractivity contribution is -0.198. The van der Waals surface area contributed by atoms with Crippen LogP contribution in [-0.4, -0.2) is 46.4 Å². The molecule has 0 aromatic rings. The minimum atomic E-state index is -0.608. The number of hydrogen-bond acceptors (Lipinski definition) is 2. The Hall–Kier alpha value is -0.840. The van der Waals surface area contributed by atoms with Gasteiger partial charge >= 0.3 is 6.03 Å². The molecule has 4 saturated carbocycles. The van der Waals surface area contributed by atoms with Crippen molar-refractivity contribution in [3.8, 4) is 0 Å². The second-order valence-corrected chi connectivity index (χ2v) is 9.06. The van der Waals surface area contributed by atoms with Crippen molar-refractivity contribution in [2.75, 3.05) is 13.2 Å². The van der Waals surface area contributed by atoms with Crippen molar-refractivity contribution in [1.82, 2.24) is 10.2 Å². The van der Waals surface area contributed by atoms with Crippen LogP contribution >= 0.6 is 0 Å². The third-order valence-corrected chi connectivity index (χ3v) is 6.60. The molecule has 5 unspecified atom stereocenters. The van der Waals surface area contributed by atoms with Crippen molar-refractivity contribution >= 4 is 6.03 Å². The predicted octanol–water partition coefficient (Wildman–Crippen LogP) is 2.46. The summed E-state index contributed by atoms with van der Waals surface area (Å²) in [4.78, 5) is 14.5. The number of nitrogens with zero attached hydrogens (tertiary/aromatic N) is 1. The molecule has 5 heteroatoms. The molecule has 124 valence electrons. The number of carbonyl (C=O) groups is 1. The summed E-state index contributed by atoms with van der Waals surface area (Å²) in [5, 5.41) is 13.9. The van der Waals surface area contributed by atoms with Crippen molar-refractivity contribution < 1.29 is 14.3 Å². The van der Waals surface area contributed by atoms with E-state index in [0.717, 1.165) is 25.7 Å². The van der Waals surface area contributed by atoms with Gasteiger partial charge in [-0.15, -0.1) is 0 Å². The maximum Gasteiger partial charge on any atom is 0.318 e. The second kappa shape index (κ2) is 4.37. The fourth-order valence-corrected chi connectivity index (χ4v) is 6.51. The van der Waals surface area contributed by atoms with E-state index in [0.29, 0.717) is 31.2 Å². The van der Waals surface area contributed by atoms with Gasteiger partial charge in [0.15, 0.2) is 0 Å². The van der Waals surface area contributed by atoms with Gasteiger partial charge in [0.05, 0.1) is 17.8 Å². The molecule has 4 aliphatic carbocycles. The Morgan fingerprint density at radius 1 is 1.36 bits per heavy atom. The van der Waals surface area contributed by atoms with Crippen LogP contribution in [0.15, 0.2) is 0 Å². The lowest BCUT2D eigenvalue weighted by atomic mass is 9.44. The van der Waals surface area contributed by atoms with E-state index in [9.17, 15) is 14.3 Å².